The average Bonchev–Trinajstić information content (AvgIpc) is 2.61. The van der Waals surface area contributed by atoms with E-state index >= 15 is 0 Å². The molecule has 0 amide bonds. The molecular formula is C21H42NNaO4S. The molecule has 0 aromatic rings. The number of hydrogen-bond donors (Lipinski definition) is 1. The molecule has 162 valence electrons. The van der Waals surface area contributed by atoms with Crippen molar-refractivity contribution in [1.29, 1.82) is 0 Å². The fraction of sp³-hybridized carbons (Fsp3) is 0.952. The molecule has 0 radical (unpaired) electrons. The van der Waals surface area contributed by atoms with E-state index in [2.05, 4.69) is 6.92 Å². The zero-order chi connectivity index (χ0) is 20.5. The summed E-state index contributed by atoms with van der Waals surface area (Å²) in [5, 5.41) is -1.58. The molecule has 0 saturated carbocycles. The van der Waals surface area contributed by atoms with Gasteiger partial charge in [0.2, 0.25) is 0 Å². The van der Waals surface area contributed by atoms with Gasteiger partial charge in [0.15, 0.2) is 5.78 Å². The Balaban J connectivity index is 0. The topological polar surface area (TPSA) is 100 Å². The van der Waals surface area contributed by atoms with Gasteiger partial charge in [0.1, 0.15) is 15.4 Å². The zero-order valence-electron chi connectivity index (χ0n) is 18.6. The molecule has 0 aromatic heterocycles. The Morgan fingerprint density at radius 1 is 0.821 bits per heavy atom. The van der Waals surface area contributed by atoms with Crippen molar-refractivity contribution >= 4 is 15.9 Å². The summed E-state index contributed by atoms with van der Waals surface area (Å²) in [6.07, 6.45) is 18.4. The second-order valence-electron chi connectivity index (χ2n) is 7.91. The molecule has 0 heterocycles. The van der Waals surface area contributed by atoms with Gasteiger partial charge < -0.3 is 10.3 Å². The Morgan fingerprint density at radius 3 is 1.50 bits per heavy atom. The van der Waals surface area contributed by atoms with E-state index in [1.807, 2.05) is 0 Å². The number of ketones is 1. The summed E-state index contributed by atoms with van der Waals surface area (Å²) in [4.78, 5) is 12.0. The molecule has 7 heteroatoms. The maximum Gasteiger partial charge on any atom is 1.00 e. The third-order valence-corrected chi connectivity index (χ3v) is 6.48. The van der Waals surface area contributed by atoms with Crippen LogP contribution in [0.2, 0.25) is 0 Å². The van der Waals surface area contributed by atoms with Crippen LogP contribution in [0.25, 0.3) is 0 Å². The first-order valence-corrected chi connectivity index (χ1v) is 12.5. The normalized spacial score (nSPS) is 13.7. The number of Topliss-reactive ketones (excluding diaryl/α,β-unsaturated/α-hetero) is 1. The van der Waals surface area contributed by atoms with Crippen LogP contribution < -0.4 is 35.3 Å². The molecule has 0 aliphatic heterocycles. The number of hydrogen-bond acceptors (Lipinski definition) is 5. The van der Waals surface area contributed by atoms with Crippen LogP contribution >= 0.6 is 0 Å². The third kappa shape index (κ3) is 16.3. The predicted molar refractivity (Wildman–Crippen MR) is 112 cm³/mol. The van der Waals surface area contributed by atoms with Crippen molar-refractivity contribution in [2.75, 3.05) is 6.54 Å². The van der Waals surface area contributed by atoms with Gasteiger partial charge in [-0.1, -0.05) is 104 Å². The summed E-state index contributed by atoms with van der Waals surface area (Å²) in [6, 6.07) is 0. The van der Waals surface area contributed by atoms with Crippen molar-refractivity contribution in [2.24, 2.45) is 11.7 Å². The largest absolute Gasteiger partial charge is 1.00 e. The van der Waals surface area contributed by atoms with Crippen LogP contribution in [0.5, 0.6) is 0 Å². The standard InChI is InChI=1S/C21H43NO4S.Na/c1-3-4-5-6-7-8-9-10-11-12-13-14-15-16-17-19(2)21(23)20(18-22)27(24,25)26;/h19-20H,3-18,22H2,1-2H3,(H,24,25,26);/q;+1/p-1. The second-order valence-corrected chi connectivity index (χ2v) is 9.46. The smallest absolute Gasteiger partial charge is 0.747 e. The molecule has 0 saturated heterocycles. The van der Waals surface area contributed by atoms with Gasteiger partial charge in [0.05, 0.1) is 0 Å². The molecule has 28 heavy (non-hydrogen) atoms. The first-order chi connectivity index (χ1) is 12.8. The van der Waals surface area contributed by atoms with Gasteiger partial charge in [-0.25, -0.2) is 8.42 Å². The zero-order valence-corrected chi connectivity index (χ0v) is 21.4. The molecule has 0 aromatic carbocycles. The summed E-state index contributed by atoms with van der Waals surface area (Å²) in [5.74, 6) is -0.943. The number of carbonyl (C=O) groups is 1. The summed E-state index contributed by atoms with van der Waals surface area (Å²) in [6.45, 7) is 3.52. The van der Waals surface area contributed by atoms with Crippen LogP contribution in [0.3, 0.4) is 0 Å². The van der Waals surface area contributed by atoms with Gasteiger partial charge in [0.25, 0.3) is 0 Å². The Hall–Kier alpha value is 0.540. The summed E-state index contributed by atoms with van der Waals surface area (Å²) >= 11 is 0. The minimum atomic E-state index is -4.64. The minimum Gasteiger partial charge on any atom is -0.747 e. The van der Waals surface area contributed by atoms with Crippen LogP contribution in [-0.4, -0.2) is 30.5 Å². The third-order valence-electron chi connectivity index (χ3n) is 5.36. The van der Waals surface area contributed by atoms with Crippen LogP contribution in [0, 0.1) is 5.92 Å². The minimum absolute atomic E-state index is 0. The Labute approximate surface area is 196 Å². The Bertz CT molecular complexity index is 471. The summed E-state index contributed by atoms with van der Waals surface area (Å²) in [5.41, 5.74) is 5.28. The van der Waals surface area contributed by atoms with Crippen molar-refractivity contribution in [2.45, 2.75) is 115 Å². The van der Waals surface area contributed by atoms with Crippen LogP contribution in [0.15, 0.2) is 0 Å². The molecule has 0 rings (SSSR count). The van der Waals surface area contributed by atoms with Crippen LogP contribution in [0.1, 0.15) is 110 Å². The van der Waals surface area contributed by atoms with E-state index in [9.17, 15) is 17.8 Å². The van der Waals surface area contributed by atoms with Crippen molar-refractivity contribution in [1.82, 2.24) is 0 Å². The van der Waals surface area contributed by atoms with Gasteiger partial charge in [0, 0.05) is 12.5 Å². The molecular weight excluding hydrogens is 385 g/mol. The van der Waals surface area contributed by atoms with Crippen molar-refractivity contribution in [3.8, 4) is 0 Å². The van der Waals surface area contributed by atoms with E-state index in [0.29, 0.717) is 6.42 Å². The average molecular weight is 428 g/mol. The molecule has 0 aliphatic carbocycles. The van der Waals surface area contributed by atoms with Gasteiger partial charge in [-0.15, -0.1) is 0 Å². The SMILES string of the molecule is CCCCCCCCCCCCCCCCC(C)C(=O)C(CN)S(=O)(=O)[O-].[Na+]. The number of unbranched alkanes of at least 4 members (excludes halogenated alkanes) is 13. The predicted octanol–water partition coefficient (Wildman–Crippen LogP) is 1.94. The van der Waals surface area contributed by atoms with Crippen LogP contribution in [-0.2, 0) is 14.9 Å². The van der Waals surface area contributed by atoms with E-state index in [1.165, 1.54) is 70.6 Å². The molecule has 0 fully saturated rings. The van der Waals surface area contributed by atoms with Crippen molar-refractivity contribution in [3.05, 3.63) is 0 Å². The van der Waals surface area contributed by atoms with Gasteiger partial charge >= 0.3 is 29.6 Å². The summed E-state index contributed by atoms with van der Waals surface area (Å²) in [7, 11) is -4.64. The maximum absolute atomic E-state index is 12.0. The fourth-order valence-corrected chi connectivity index (χ4v) is 4.23. The molecule has 5 nitrogen and oxygen atoms in total. The van der Waals surface area contributed by atoms with Crippen molar-refractivity contribution in [3.63, 3.8) is 0 Å². The molecule has 2 unspecified atom stereocenters. The van der Waals surface area contributed by atoms with E-state index in [0.717, 1.165) is 19.3 Å². The molecule has 0 aliphatic rings. The summed E-state index contributed by atoms with van der Waals surface area (Å²) < 4.78 is 33.2. The quantitative estimate of drug-likeness (QED) is 0.193. The molecule has 0 spiro atoms. The molecule has 2 atom stereocenters. The van der Waals surface area contributed by atoms with Gasteiger partial charge in [-0.3, -0.25) is 4.79 Å². The molecule has 2 N–H and O–H groups in total. The Morgan fingerprint density at radius 2 is 1.18 bits per heavy atom. The number of nitrogens with two attached hydrogens (primary N) is 1. The van der Waals surface area contributed by atoms with Gasteiger partial charge in [-0.05, 0) is 6.42 Å². The number of rotatable bonds is 19. The first kappa shape index (κ1) is 30.7. The second kappa shape index (κ2) is 19.5. The van der Waals surface area contributed by atoms with E-state index in [4.69, 9.17) is 5.73 Å². The molecule has 0 bridgehead atoms. The van der Waals surface area contributed by atoms with Crippen LogP contribution in [0.4, 0.5) is 0 Å². The van der Waals surface area contributed by atoms with Gasteiger partial charge in [-0.2, -0.15) is 0 Å². The monoisotopic (exact) mass is 427 g/mol. The van der Waals surface area contributed by atoms with E-state index < -0.39 is 33.6 Å². The maximum atomic E-state index is 12.0. The Kier molecular flexibility index (Phi) is 21.4. The fourth-order valence-electron chi connectivity index (χ4n) is 3.48. The van der Waals surface area contributed by atoms with E-state index in [-0.39, 0.29) is 29.6 Å². The van der Waals surface area contributed by atoms with E-state index in [1.54, 1.807) is 6.92 Å². The number of carbonyl (C=O) groups excluding carboxylic acids is 1. The van der Waals surface area contributed by atoms with Crippen molar-refractivity contribution < 1.29 is 47.3 Å². The first-order valence-electron chi connectivity index (χ1n) is 11.0.